The van der Waals surface area contributed by atoms with Crippen molar-refractivity contribution in [2.75, 3.05) is 6.61 Å². The van der Waals surface area contributed by atoms with Gasteiger partial charge in [-0.1, -0.05) is 12.1 Å². The highest BCUT2D eigenvalue weighted by Crippen LogP contribution is 2.25. The van der Waals surface area contributed by atoms with Crippen molar-refractivity contribution in [3.8, 4) is 5.75 Å². The minimum Gasteiger partial charge on any atom is -0.494 e. The maximum absolute atomic E-state index is 12.0. The SMILES string of the molecule is CCOc1cccc(C2N=C(NC(C)(C)C)NC2=O)c1. The summed E-state index contributed by atoms with van der Waals surface area (Å²) in [5, 5.41) is 5.94. The number of carbonyl (C=O) groups is 1. The van der Waals surface area contributed by atoms with Crippen molar-refractivity contribution < 1.29 is 9.53 Å². The third-order valence-corrected chi connectivity index (χ3v) is 2.73. The van der Waals surface area contributed by atoms with Crippen LogP contribution in [0.1, 0.15) is 39.3 Å². The first-order valence-corrected chi connectivity index (χ1v) is 6.78. The van der Waals surface area contributed by atoms with Gasteiger partial charge in [0.15, 0.2) is 12.0 Å². The Balaban J connectivity index is 2.19. The normalized spacial score (nSPS) is 18.5. The number of hydrogen-bond donors (Lipinski definition) is 2. The fourth-order valence-electron chi connectivity index (χ4n) is 1.99. The zero-order valence-electron chi connectivity index (χ0n) is 12.4. The van der Waals surface area contributed by atoms with Crippen LogP contribution in [0, 0.1) is 0 Å². The number of aliphatic imine (C=N–C) groups is 1. The maximum atomic E-state index is 12.0. The van der Waals surface area contributed by atoms with Crippen molar-refractivity contribution in [2.45, 2.75) is 39.3 Å². The van der Waals surface area contributed by atoms with Gasteiger partial charge >= 0.3 is 0 Å². The van der Waals surface area contributed by atoms with Gasteiger partial charge in [0.05, 0.1) is 6.61 Å². The van der Waals surface area contributed by atoms with Gasteiger partial charge in [-0.3, -0.25) is 10.1 Å². The smallest absolute Gasteiger partial charge is 0.256 e. The number of ether oxygens (including phenoxy) is 1. The van der Waals surface area contributed by atoms with Crippen LogP contribution in [0.2, 0.25) is 0 Å². The van der Waals surface area contributed by atoms with E-state index in [0.29, 0.717) is 12.6 Å². The maximum Gasteiger partial charge on any atom is 0.256 e. The number of carbonyl (C=O) groups excluding carboxylic acids is 1. The Morgan fingerprint density at radius 2 is 2.15 bits per heavy atom. The van der Waals surface area contributed by atoms with E-state index in [1.807, 2.05) is 52.0 Å². The molecule has 0 bridgehead atoms. The second-order valence-electron chi connectivity index (χ2n) is 5.75. The molecule has 0 saturated heterocycles. The van der Waals surface area contributed by atoms with Gasteiger partial charge in [-0.25, -0.2) is 4.99 Å². The Bertz CT molecular complexity index is 532. The van der Waals surface area contributed by atoms with E-state index in [-0.39, 0.29) is 11.4 Å². The van der Waals surface area contributed by atoms with Gasteiger partial charge in [-0.15, -0.1) is 0 Å². The Morgan fingerprint density at radius 3 is 2.80 bits per heavy atom. The van der Waals surface area contributed by atoms with Crippen molar-refractivity contribution in [3.05, 3.63) is 29.8 Å². The summed E-state index contributed by atoms with van der Waals surface area (Å²) in [6.07, 6.45) is 0. The van der Waals surface area contributed by atoms with Crippen LogP contribution in [0.4, 0.5) is 0 Å². The molecule has 1 heterocycles. The van der Waals surface area contributed by atoms with Crippen LogP contribution < -0.4 is 15.4 Å². The van der Waals surface area contributed by atoms with Crippen molar-refractivity contribution in [1.29, 1.82) is 0 Å². The van der Waals surface area contributed by atoms with E-state index in [2.05, 4.69) is 15.6 Å². The average Bonchev–Trinajstić information content (AvgIpc) is 2.68. The number of nitrogens with zero attached hydrogens (tertiary/aromatic N) is 1. The highest BCUT2D eigenvalue weighted by atomic mass is 16.5. The molecule has 0 radical (unpaired) electrons. The van der Waals surface area contributed by atoms with Gasteiger partial charge in [0.2, 0.25) is 0 Å². The highest BCUT2D eigenvalue weighted by Gasteiger charge is 2.29. The Labute approximate surface area is 119 Å². The molecule has 1 aliphatic rings. The summed E-state index contributed by atoms with van der Waals surface area (Å²) in [5.41, 5.74) is 0.688. The topological polar surface area (TPSA) is 62.7 Å². The molecular weight excluding hydrogens is 254 g/mol. The lowest BCUT2D eigenvalue weighted by atomic mass is 10.1. The molecule has 2 rings (SSSR count). The largest absolute Gasteiger partial charge is 0.494 e. The molecule has 1 aromatic carbocycles. The quantitative estimate of drug-likeness (QED) is 0.887. The third kappa shape index (κ3) is 3.50. The predicted octanol–water partition coefficient (Wildman–Crippen LogP) is 2.00. The van der Waals surface area contributed by atoms with Crippen molar-refractivity contribution in [3.63, 3.8) is 0 Å². The van der Waals surface area contributed by atoms with Crippen LogP contribution in [-0.2, 0) is 4.79 Å². The van der Waals surface area contributed by atoms with Crippen LogP contribution >= 0.6 is 0 Å². The zero-order chi connectivity index (χ0) is 14.8. The molecule has 1 unspecified atom stereocenters. The first-order valence-electron chi connectivity index (χ1n) is 6.78. The molecule has 108 valence electrons. The summed E-state index contributed by atoms with van der Waals surface area (Å²) in [4.78, 5) is 16.4. The number of hydrogen-bond acceptors (Lipinski definition) is 4. The molecule has 0 fully saturated rings. The summed E-state index contributed by atoms with van der Waals surface area (Å²) in [6, 6.07) is 6.98. The van der Waals surface area contributed by atoms with E-state index in [9.17, 15) is 4.79 Å². The van der Waals surface area contributed by atoms with E-state index in [1.54, 1.807) is 0 Å². The summed E-state index contributed by atoms with van der Waals surface area (Å²) in [6.45, 7) is 8.58. The first kappa shape index (κ1) is 14.4. The highest BCUT2D eigenvalue weighted by molar-refractivity contribution is 6.05. The zero-order valence-corrected chi connectivity index (χ0v) is 12.4. The number of guanidine groups is 1. The van der Waals surface area contributed by atoms with Gasteiger partial charge in [0, 0.05) is 5.54 Å². The average molecular weight is 275 g/mol. The Kier molecular flexibility index (Phi) is 3.97. The first-order chi connectivity index (χ1) is 9.39. The van der Waals surface area contributed by atoms with E-state index in [4.69, 9.17) is 4.74 Å². The lowest BCUT2D eigenvalue weighted by molar-refractivity contribution is -0.120. The molecule has 0 aliphatic carbocycles. The van der Waals surface area contributed by atoms with Crippen LogP contribution in [0.5, 0.6) is 5.75 Å². The molecule has 2 N–H and O–H groups in total. The van der Waals surface area contributed by atoms with Gasteiger partial charge in [-0.05, 0) is 45.4 Å². The third-order valence-electron chi connectivity index (χ3n) is 2.73. The second-order valence-corrected chi connectivity index (χ2v) is 5.75. The van der Waals surface area contributed by atoms with Gasteiger partial charge in [0.25, 0.3) is 5.91 Å². The summed E-state index contributed by atoms with van der Waals surface area (Å²) >= 11 is 0. The molecule has 0 saturated carbocycles. The lowest BCUT2D eigenvalue weighted by Gasteiger charge is -2.21. The minimum atomic E-state index is -0.514. The number of amides is 1. The molecule has 0 aromatic heterocycles. The predicted molar refractivity (Wildman–Crippen MR) is 78.8 cm³/mol. The van der Waals surface area contributed by atoms with Crippen molar-refractivity contribution in [2.24, 2.45) is 4.99 Å². The fourth-order valence-corrected chi connectivity index (χ4v) is 1.99. The number of benzene rings is 1. The minimum absolute atomic E-state index is 0.120. The molecule has 5 nitrogen and oxygen atoms in total. The van der Waals surface area contributed by atoms with Gasteiger partial charge < -0.3 is 10.1 Å². The molecule has 5 heteroatoms. The van der Waals surface area contributed by atoms with Crippen molar-refractivity contribution in [1.82, 2.24) is 10.6 Å². The van der Waals surface area contributed by atoms with Gasteiger partial charge in [0.1, 0.15) is 5.75 Å². The van der Waals surface area contributed by atoms with E-state index in [0.717, 1.165) is 11.3 Å². The Hall–Kier alpha value is -2.04. The standard InChI is InChI=1S/C15H21N3O2/c1-5-20-11-8-6-7-10(9-11)12-13(19)17-14(16-12)18-15(2,3)4/h6-9,12H,5H2,1-4H3,(H2,16,17,18,19). The molecule has 20 heavy (non-hydrogen) atoms. The van der Waals surface area contributed by atoms with Crippen LogP contribution in [0.15, 0.2) is 29.3 Å². The summed E-state index contributed by atoms with van der Waals surface area (Å²) in [5.74, 6) is 1.16. The molecule has 1 aliphatic heterocycles. The monoisotopic (exact) mass is 275 g/mol. The van der Waals surface area contributed by atoms with Crippen LogP contribution in [0.25, 0.3) is 0 Å². The molecule has 1 amide bonds. The number of rotatable bonds is 3. The molecular formula is C15H21N3O2. The summed E-state index contributed by atoms with van der Waals surface area (Å²) in [7, 11) is 0. The van der Waals surface area contributed by atoms with Crippen molar-refractivity contribution >= 4 is 11.9 Å². The van der Waals surface area contributed by atoms with E-state index < -0.39 is 6.04 Å². The molecule has 0 spiro atoms. The molecule has 1 aromatic rings. The lowest BCUT2D eigenvalue weighted by Crippen LogP contribution is -2.46. The Morgan fingerprint density at radius 1 is 1.40 bits per heavy atom. The van der Waals surface area contributed by atoms with E-state index >= 15 is 0 Å². The summed E-state index contributed by atoms with van der Waals surface area (Å²) < 4.78 is 5.45. The van der Waals surface area contributed by atoms with Crippen LogP contribution in [-0.4, -0.2) is 24.0 Å². The number of nitrogens with one attached hydrogen (secondary N) is 2. The fraction of sp³-hybridized carbons (Fsp3) is 0.467. The van der Waals surface area contributed by atoms with Gasteiger partial charge in [-0.2, -0.15) is 0 Å². The van der Waals surface area contributed by atoms with E-state index in [1.165, 1.54) is 0 Å². The molecule has 1 atom stereocenters. The van der Waals surface area contributed by atoms with Crippen LogP contribution in [0.3, 0.4) is 0 Å². The second kappa shape index (κ2) is 5.53.